The smallest absolute Gasteiger partial charge is 0.242 e. The fourth-order valence-electron chi connectivity index (χ4n) is 1.24. The van der Waals surface area contributed by atoms with E-state index in [-0.39, 0.29) is 0 Å². The van der Waals surface area contributed by atoms with Gasteiger partial charge in [0.25, 0.3) is 0 Å². The molecule has 100 valence electrons. The second kappa shape index (κ2) is 6.42. The Morgan fingerprint density at radius 3 is 1.82 bits per heavy atom. The molecule has 5 heteroatoms. The highest BCUT2D eigenvalue weighted by Gasteiger charge is 2.19. The van der Waals surface area contributed by atoms with Crippen molar-refractivity contribution in [1.82, 2.24) is 0 Å². The zero-order chi connectivity index (χ0) is 13.7. The summed E-state index contributed by atoms with van der Waals surface area (Å²) >= 11 is 0. The Morgan fingerprint density at radius 1 is 1.00 bits per heavy atom. The van der Waals surface area contributed by atoms with Crippen LogP contribution in [0.5, 0.6) is 0 Å². The van der Waals surface area contributed by atoms with Gasteiger partial charge in [-0.15, -0.1) is 0 Å². The molecule has 0 heterocycles. The Hall–Kier alpha value is -0.526. The first kappa shape index (κ1) is 16.5. The van der Waals surface area contributed by atoms with Crippen molar-refractivity contribution in [3.05, 3.63) is 24.2 Å². The number of ether oxygens (including phenoxy) is 1. The lowest BCUT2D eigenvalue weighted by atomic mass is 10.4. The number of methoxy groups -OCH3 is 1. The fraction of sp³-hybridized carbons (Fsp3) is 0.667. The average molecular weight is 275 g/mol. The third-order valence-electron chi connectivity index (χ3n) is 1.48. The zero-order valence-electron chi connectivity index (χ0n) is 12.2. The monoisotopic (exact) mass is 274 g/mol. The summed E-state index contributed by atoms with van der Waals surface area (Å²) in [6.07, 6.45) is 1.85. The van der Waals surface area contributed by atoms with E-state index in [9.17, 15) is 0 Å². The van der Waals surface area contributed by atoms with Gasteiger partial charge < -0.3 is 13.6 Å². The summed E-state index contributed by atoms with van der Waals surface area (Å²) in [5, 5.41) is 0. The van der Waals surface area contributed by atoms with Crippen LogP contribution in [0, 0.1) is 0 Å². The molecule has 3 nitrogen and oxygen atoms in total. The minimum absolute atomic E-state index is 0.457. The highest BCUT2D eigenvalue weighted by molar-refractivity contribution is 6.70. The van der Waals surface area contributed by atoms with E-state index in [0.717, 1.165) is 5.76 Å². The summed E-state index contributed by atoms with van der Waals surface area (Å²) in [6.45, 7) is 17.2. The Morgan fingerprint density at radius 2 is 1.47 bits per heavy atom. The van der Waals surface area contributed by atoms with Crippen LogP contribution >= 0.6 is 0 Å². The van der Waals surface area contributed by atoms with E-state index in [2.05, 4.69) is 45.9 Å². The van der Waals surface area contributed by atoms with Crippen molar-refractivity contribution in [2.24, 2.45) is 0 Å². The summed E-state index contributed by atoms with van der Waals surface area (Å²) in [7, 11) is -1.56. The van der Waals surface area contributed by atoms with Crippen LogP contribution in [0.3, 0.4) is 0 Å². The van der Waals surface area contributed by atoms with Gasteiger partial charge in [0.15, 0.2) is 0 Å². The molecular weight excluding hydrogens is 248 g/mol. The molecule has 0 atom stereocenters. The van der Waals surface area contributed by atoms with Gasteiger partial charge in [-0.05, 0) is 39.3 Å². The standard InChI is InChI=1S/C12H26O3Si2/c1-11(14-16(3,4)5)9-12(10-13-2)15-17(6,7)8/h9H,1,10H2,2-8H3/b12-9+. The number of allylic oxidation sites excluding steroid dienone is 1. The van der Waals surface area contributed by atoms with Crippen molar-refractivity contribution in [3.63, 3.8) is 0 Å². The van der Waals surface area contributed by atoms with E-state index >= 15 is 0 Å². The van der Waals surface area contributed by atoms with Gasteiger partial charge >= 0.3 is 0 Å². The molecule has 0 N–H and O–H groups in total. The lowest BCUT2D eigenvalue weighted by Crippen LogP contribution is -2.27. The van der Waals surface area contributed by atoms with Gasteiger partial charge in [-0.3, -0.25) is 0 Å². The van der Waals surface area contributed by atoms with Crippen molar-refractivity contribution in [2.75, 3.05) is 13.7 Å². The molecule has 0 aliphatic carbocycles. The minimum atomic E-state index is -1.62. The van der Waals surface area contributed by atoms with Crippen LogP contribution in [-0.4, -0.2) is 30.4 Å². The van der Waals surface area contributed by atoms with Crippen molar-refractivity contribution in [3.8, 4) is 0 Å². The maximum Gasteiger partial charge on any atom is 0.242 e. The molecule has 0 saturated carbocycles. The minimum Gasteiger partial charge on any atom is -0.545 e. The molecule has 0 aromatic heterocycles. The highest BCUT2D eigenvalue weighted by Crippen LogP contribution is 2.15. The molecule has 0 aromatic carbocycles. The molecule has 0 unspecified atom stereocenters. The SMILES string of the molecule is C=C(/C=C(\COC)O[Si](C)(C)C)O[Si](C)(C)C. The van der Waals surface area contributed by atoms with E-state index in [1.165, 1.54) is 0 Å². The first-order chi connectivity index (χ1) is 7.53. The van der Waals surface area contributed by atoms with Crippen LogP contribution in [-0.2, 0) is 13.6 Å². The molecule has 0 spiro atoms. The predicted molar refractivity (Wildman–Crippen MR) is 78.0 cm³/mol. The number of hydrogen-bond donors (Lipinski definition) is 0. The van der Waals surface area contributed by atoms with Crippen LogP contribution in [0.2, 0.25) is 39.3 Å². The fourth-order valence-corrected chi connectivity index (χ4v) is 2.99. The molecule has 0 aliphatic heterocycles. The van der Waals surface area contributed by atoms with E-state index in [0.29, 0.717) is 12.4 Å². The molecule has 0 aliphatic rings. The Labute approximate surface area is 108 Å². The molecule has 0 radical (unpaired) electrons. The highest BCUT2D eigenvalue weighted by atomic mass is 28.4. The Kier molecular flexibility index (Phi) is 6.22. The van der Waals surface area contributed by atoms with E-state index in [1.54, 1.807) is 7.11 Å². The normalized spacial score (nSPS) is 13.5. The summed E-state index contributed by atoms with van der Waals surface area (Å²) in [5.74, 6) is 1.46. The molecule has 0 rings (SSSR count). The largest absolute Gasteiger partial charge is 0.545 e. The second-order valence-electron chi connectivity index (χ2n) is 5.94. The summed E-state index contributed by atoms with van der Waals surface area (Å²) in [6, 6.07) is 0. The van der Waals surface area contributed by atoms with Crippen LogP contribution in [0.15, 0.2) is 24.2 Å². The van der Waals surface area contributed by atoms with E-state index in [4.69, 9.17) is 13.6 Å². The Bertz CT molecular complexity index is 285. The number of hydrogen-bond acceptors (Lipinski definition) is 3. The van der Waals surface area contributed by atoms with Gasteiger partial charge in [0.1, 0.15) is 12.4 Å². The molecule has 0 aromatic rings. The molecule has 0 saturated heterocycles. The van der Waals surface area contributed by atoms with Gasteiger partial charge in [-0.25, -0.2) is 0 Å². The topological polar surface area (TPSA) is 27.7 Å². The van der Waals surface area contributed by atoms with Crippen LogP contribution in [0.1, 0.15) is 0 Å². The lowest BCUT2D eigenvalue weighted by molar-refractivity contribution is 0.186. The second-order valence-corrected chi connectivity index (χ2v) is 14.8. The van der Waals surface area contributed by atoms with Gasteiger partial charge in [0.05, 0.1) is 5.76 Å². The van der Waals surface area contributed by atoms with Crippen molar-refractivity contribution in [1.29, 1.82) is 0 Å². The maximum atomic E-state index is 5.91. The van der Waals surface area contributed by atoms with Crippen molar-refractivity contribution in [2.45, 2.75) is 39.3 Å². The third-order valence-corrected chi connectivity index (χ3v) is 3.23. The van der Waals surface area contributed by atoms with Gasteiger partial charge in [0, 0.05) is 13.2 Å². The third kappa shape index (κ3) is 10.4. The first-order valence-corrected chi connectivity index (χ1v) is 12.6. The summed E-state index contributed by atoms with van der Waals surface area (Å²) in [5.41, 5.74) is 0. The van der Waals surface area contributed by atoms with Crippen molar-refractivity contribution >= 4 is 16.6 Å². The lowest BCUT2D eigenvalue weighted by Gasteiger charge is -2.23. The van der Waals surface area contributed by atoms with E-state index < -0.39 is 16.6 Å². The Balaban J connectivity index is 4.64. The van der Waals surface area contributed by atoms with Crippen LogP contribution < -0.4 is 0 Å². The van der Waals surface area contributed by atoms with Crippen LogP contribution in [0.4, 0.5) is 0 Å². The van der Waals surface area contributed by atoms with Gasteiger partial charge in [-0.1, -0.05) is 6.58 Å². The number of rotatable bonds is 7. The average Bonchev–Trinajstić information content (AvgIpc) is 1.95. The summed E-state index contributed by atoms with van der Waals surface area (Å²) in [4.78, 5) is 0. The molecule has 0 bridgehead atoms. The first-order valence-electron chi connectivity index (χ1n) is 5.80. The maximum absolute atomic E-state index is 5.91. The van der Waals surface area contributed by atoms with E-state index in [1.807, 2.05) is 6.08 Å². The van der Waals surface area contributed by atoms with Gasteiger partial charge in [-0.2, -0.15) is 0 Å². The van der Waals surface area contributed by atoms with Crippen molar-refractivity contribution < 1.29 is 13.6 Å². The van der Waals surface area contributed by atoms with Gasteiger partial charge in [0.2, 0.25) is 16.6 Å². The molecule has 0 amide bonds. The van der Waals surface area contributed by atoms with Crippen LogP contribution in [0.25, 0.3) is 0 Å². The zero-order valence-corrected chi connectivity index (χ0v) is 14.2. The quantitative estimate of drug-likeness (QED) is 0.402. The molecule has 0 fully saturated rings. The molecular formula is C12H26O3Si2. The molecule has 17 heavy (non-hydrogen) atoms. The predicted octanol–water partition coefficient (Wildman–Crippen LogP) is 3.73. The summed E-state index contributed by atoms with van der Waals surface area (Å²) < 4.78 is 16.8.